The van der Waals surface area contributed by atoms with Crippen LogP contribution in [0.25, 0.3) is 0 Å². The molecule has 1 unspecified atom stereocenters. The number of rotatable bonds is 7. The van der Waals surface area contributed by atoms with Crippen LogP contribution in [-0.4, -0.2) is 30.4 Å². The van der Waals surface area contributed by atoms with Gasteiger partial charge in [0.1, 0.15) is 0 Å². The van der Waals surface area contributed by atoms with E-state index >= 15 is 0 Å². The second-order valence-electron chi connectivity index (χ2n) is 7.33. The van der Waals surface area contributed by atoms with Crippen LogP contribution in [0.2, 0.25) is 0 Å². The zero-order valence-electron chi connectivity index (χ0n) is 15.7. The Bertz CT molecular complexity index is 704. The highest BCUT2D eigenvalue weighted by molar-refractivity contribution is 5.98. The summed E-state index contributed by atoms with van der Waals surface area (Å²) >= 11 is 0. The zero-order chi connectivity index (χ0) is 19.1. The van der Waals surface area contributed by atoms with E-state index in [1.165, 1.54) is 11.8 Å². The number of nitrogens with two attached hydrogens (primary N) is 2. The van der Waals surface area contributed by atoms with Crippen LogP contribution in [0, 0.1) is 16.9 Å². The molecule has 0 amide bonds. The third-order valence-electron chi connectivity index (χ3n) is 4.67. The van der Waals surface area contributed by atoms with Gasteiger partial charge < -0.3 is 11.5 Å². The molecule has 140 valence electrons. The molecule has 6 nitrogen and oxygen atoms in total. The fraction of sp³-hybridized carbons (Fsp3) is 0.450. The molecule has 0 aromatic heterocycles. The molecule has 1 aromatic carbocycles. The van der Waals surface area contributed by atoms with Crippen molar-refractivity contribution >= 4 is 5.84 Å². The Kier molecular flexibility index (Phi) is 7.09. The molecule has 0 radical (unpaired) electrons. The average molecular weight is 355 g/mol. The summed E-state index contributed by atoms with van der Waals surface area (Å²) in [6, 6.07) is 6.22. The molecule has 1 heterocycles. The number of hydrogen-bond donors (Lipinski definition) is 4. The van der Waals surface area contributed by atoms with Gasteiger partial charge in [0.2, 0.25) is 0 Å². The molecule has 0 aliphatic carbocycles. The molecule has 1 fully saturated rings. The SMILES string of the molecule is CC(C)Cc1ccc(C(=N)N=N)c(C2CCN(C/C(N)=C/C=C\N)C2)c1. The first-order valence-electron chi connectivity index (χ1n) is 9.09. The number of likely N-dealkylation sites (tertiary alicyclic amines) is 1. The maximum atomic E-state index is 8.02. The van der Waals surface area contributed by atoms with E-state index in [1.54, 1.807) is 6.08 Å². The Morgan fingerprint density at radius 1 is 1.42 bits per heavy atom. The molecule has 26 heavy (non-hydrogen) atoms. The standard InChI is InChI=1S/C20H30N6/c1-14(2)10-15-5-6-18(20(23)25-24)19(11-15)16-7-9-26(12-16)13-17(22)4-3-8-21/h3-6,8,11,14,16,23-24H,7,9-10,12-13,21-22H2,1-2H3/b8-3-,17-4-,23-20?,25-24?. The van der Waals surface area contributed by atoms with E-state index in [4.69, 9.17) is 22.4 Å². The predicted octanol–water partition coefficient (Wildman–Crippen LogP) is 3.35. The molecule has 1 aromatic rings. The van der Waals surface area contributed by atoms with E-state index in [1.807, 2.05) is 12.1 Å². The number of nitrogens with one attached hydrogen (secondary N) is 2. The maximum absolute atomic E-state index is 8.02. The van der Waals surface area contributed by atoms with Gasteiger partial charge in [-0.05, 0) is 60.7 Å². The van der Waals surface area contributed by atoms with E-state index in [0.717, 1.165) is 42.8 Å². The van der Waals surface area contributed by atoms with Crippen LogP contribution < -0.4 is 11.5 Å². The van der Waals surface area contributed by atoms with Crippen LogP contribution >= 0.6 is 0 Å². The summed E-state index contributed by atoms with van der Waals surface area (Å²) in [6.07, 6.45) is 7.08. The Hall–Kier alpha value is -2.47. The lowest BCUT2D eigenvalue weighted by Crippen LogP contribution is -2.26. The number of nitrogens with zero attached hydrogens (tertiary/aromatic N) is 2. The second kappa shape index (κ2) is 9.29. The fourth-order valence-corrected chi connectivity index (χ4v) is 3.54. The monoisotopic (exact) mass is 354 g/mol. The normalized spacial score (nSPS) is 18.7. The average Bonchev–Trinajstić information content (AvgIpc) is 3.07. The first-order chi connectivity index (χ1) is 12.4. The molecule has 6 heteroatoms. The molecule has 1 saturated heterocycles. The summed E-state index contributed by atoms with van der Waals surface area (Å²) in [5.41, 5.74) is 22.6. The molecule has 2 rings (SSSR count). The van der Waals surface area contributed by atoms with Crippen LogP contribution in [0.1, 0.15) is 42.9 Å². The highest BCUT2D eigenvalue weighted by Crippen LogP contribution is 2.31. The fourth-order valence-electron chi connectivity index (χ4n) is 3.54. The molecule has 0 saturated carbocycles. The molecule has 1 aliphatic heterocycles. The van der Waals surface area contributed by atoms with Crippen molar-refractivity contribution in [1.82, 2.24) is 4.90 Å². The van der Waals surface area contributed by atoms with Gasteiger partial charge in [0.15, 0.2) is 5.84 Å². The molecule has 1 atom stereocenters. The lowest BCUT2D eigenvalue weighted by atomic mass is 9.89. The number of benzene rings is 1. The molecule has 0 spiro atoms. The third-order valence-corrected chi connectivity index (χ3v) is 4.67. The quantitative estimate of drug-likeness (QED) is 0.260. The summed E-state index contributed by atoms with van der Waals surface area (Å²) < 4.78 is 0. The van der Waals surface area contributed by atoms with Crippen molar-refractivity contribution in [3.05, 3.63) is 58.9 Å². The van der Waals surface area contributed by atoms with E-state index in [2.05, 4.69) is 36.0 Å². The molecule has 1 aliphatic rings. The van der Waals surface area contributed by atoms with Gasteiger partial charge in [-0.1, -0.05) is 32.0 Å². The lowest BCUT2D eigenvalue weighted by Gasteiger charge is -2.19. The minimum atomic E-state index is 0.0297. The Morgan fingerprint density at radius 2 is 2.19 bits per heavy atom. The topological polar surface area (TPSA) is 115 Å². The van der Waals surface area contributed by atoms with Crippen molar-refractivity contribution in [3.8, 4) is 0 Å². The largest absolute Gasteiger partial charge is 0.405 e. The lowest BCUT2D eigenvalue weighted by molar-refractivity contribution is 0.362. The Balaban J connectivity index is 2.20. The first kappa shape index (κ1) is 19.8. The first-order valence-corrected chi connectivity index (χ1v) is 9.09. The van der Waals surface area contributed by atoms with Gasteiger partial charge in [0.05, 0.1) is 0 Å². The highest BCUT2D eigenvalue weighted by atomic mass is 15.2. The van der Waals surface area contributed by atoms with Crippen LogP contribution in [0.15, 0.2) is 47.4 Å². The molecular weight excluding hydrogens is 324 g/mol. The second-order valence-corrected chi connectivity index (χ2v) is 7.33. The number of allylic oxidation sites excluding steroid dienone is 2. The zero-order valence-corrected chi connectivity index (χ0v) is 15.7. The highest BCUT2D eigenvalue weighted by Gasteiger charge is 2.27. The van der Waals surface area contributed by atoms with E-state index < -0.39 is 0 Å². The molecule has 6 N–H and O–H groups in total. The summed E-state index contributed by atoms with van der Waals surface area (Å²) in [6.45, 7) is 6.98. The van der Waals surface area contributed by atoms with Crippen molar-refractivity contribution in [2.75, 3.05) is 19.6 Å². The van der Waals surface area contributed by atoms with Crippen LogP contribution in [-0.2, 0) is 6.42 Å². The summed E-state index contributed by atoms with van der Waals surface area (Å²) in [5, 5.41) is 11.4. The predicted molar refractivity (Wildman–Crippen MR) is 106 cm³/mol. The Labute approximate surface area is 156 Å². The molecule has 0 bridgehead atoms. The van der Waals surface area contributed by atoms with Gasteiger partial charge in [-0.15, -0.1) is 5.11 Å². The van der Waals surface area contributed by atoms with Crippen LogP contribution in [0.5, 0.6) is 0 Å². The van der Waals surface area contributed by atoms with Gasteiger partial charge >= 0.3 is 0 Å². The van der Waals surface area contributed by atoms with Crippen molar-refractivity contribution in [3.63, 3.8) is 0 Å². The number of hydrogen-bond acceptors (Lipinski definition) is 5. The van der Waals surface area contributed by atoms with Crippen molar-refractivity contribution in [2.24, 2.45) is 22.5 Å². The summed E-state index contributed by atoms with van der Waals surface area (Å²) in [7, 11) is 0. The number of amidine groups is 1. The van der Waals surface area contributed by atoms with Gasteiger partial charge in [-0.2, -0.15) is 0 Å². The summed E-state index contributed by atoms with van der Waals surface area (Å²) in [5.74, 6) is 0.939. The van der Waals surface area contributed by atoms with Crippen molar-refractivity contribution in [1.29, 1.82) is 10.9 Å². The van der Waals surface area contributed by atoms with Crippen LogP contribution in [0.4, 0.5) is 0 Å². The Morgan fingerprint density at radius 3 is 2.85 bits per heavy atom. The van der Waals surface area contributed by atoms with E-state index in [-0.39, 0.29) is 5.84 Å². The van der Waals surface area contributed by atoms with Crippen LogP contribution in [0.3, 0.4) is 0 Å². The van der Waals surface area contributed by atoms with Crippen molar-refractivity contribution in [2.45, 2.75) is 32.6 Å². The minimum absolute atomic E-state index is 0.0297. The maximum Gasteiger partial charge on any atom is 0.173 e. The van der Waals surface area contributed by atoms with Gasteiger partial charge in [-0.3, -0.25) is 10.3 Å². The summed E-state index contributed by atoms with van der Waals surface area (Å²) in [4.78, 5) is 2.32. The van der Waals surface area contributed by atoms with Crippen molar-refractivity contribution < 1.29 is 0 Å². The smallest absolute Gasteiger partial charge is 0.173 e. The van der Waals surface area contributed by atoms with Gasteiger partial charge in [0, 0.05) is 24.4 Å². The van der Waals surface area contributed by atoms with Gasteiger partial charge in [0.25, 0.3) is 0 Å². The van der Waals surface area contributed by atoms with Gasteiger partial charge in [-0.25, -0.2) is 5.53 Å². The molecular formula is C20H30N6. The van der Waals surface area contributed by atoms with E-state index in [0.29, 0.717) is 18.4 Å². The third kappa shape index (κ3) is 5.26. The van der Waals surface area contributed by atoms with E-state index in [9.17, 15) is 0 Å². The minimum Gasteiger partial charge on any atom is -0.405 e.